The Bertz CT molecular complexity index is 486. The van der Waals surface area contributed by atoms with Crippen LogP contribution in [0, 0.1) is 0 Å². The smallest absolute Gasteiger partial charge is 0.245 e. The highest BCUT2D eigenvalue weighted by Gasteiger charge is 2.35. The van der Waals surface area contributed by atoms with Crippen LogP contribution in [-0.2, 0) is 11.2 Å². The SMILES string of the molecule is CN1CCC(N2CCCc3cc(N)ccc32)C1=O. The fourth-order valence-corrected chi connectivity index (χ4v) is 3.06. The highest BCUT2D eigenvalue weighted by molar-refractivity contribution is 5.87. The normalized spacial score (nSPS) is 23.4. The molecular formula is C14H19N3O. The second kappa shape index (κ2) is 4.19. The van der Waals surface area contributed by atoms with Crippen LogP contribution in [0.3, 0.4) is 0 Å². The first kappa shape index (κ1) is 11.4. The molecule has 1 aromatic carbocycles. The molecule has 2 aliphatic rings. The Morgan fingerprint density at radius 1 is 1.33 bits per heavy atom. The zero-order valence-corrected chi connectivity index (χ0v) is 10.7. The van der Waals surface area contributed by atoms with E-state index in [4.69, 9.17) is 5.73 Å². The Morgan fingerprint density at radius 3 is 2.89 bits per heavy atom. The molecule has 1 saturated heterocycles. The van der Waals surface area contributed by atoms with Gasteiger partial charge in [0.15, 0.2) is 0 Å². The van der Waals surface area contributed by atoms with Crippen LogP contribution in [0.5, 0.6) is 0 Å². The largest absolute Gasteiger partial charge is 0.399 e. The summed E-state index contributed by atoms with van der Waals surface area (Å²) < 4.78 is 0. The maximum absolute atomic E-state index is 12.1. The van der Waals surface area contributed by atoms with E-state index in [2.05, 4.69) is 11.0 Å². The lowest BCUT2D eigenvalue weighted by molar-refractivity contribution is -0.127. The van der Waals surface area contributed by atoms with Gasteiger partial charge in [0.2, 0.25) is 5.91 Å². The van der Waals surface area contributed by atoms with Crippen LogP contribution < -0.4 is 10.6 Å². The van der Waals surface area contributed by atoms with Gasteiger partial charge in [-0.05, 0) is 43.0 Å². The van der Waals surface area contributed by atoms with Crippen molar-refractivity contribution in [3.05, 3.63) is 23.8 Å². The molecule has 0 radical (unpaired) electrons. The fourth-order valence-electron chi connectivity index (χ4n) is 3.06. The van der Waals surface area contributed by atoms with E-state index >= 15 is 0 Å². The molecule has 2 heterocycles. The second-order valence-electron chi connectivity index (χ2n) is 5.25. The summed E-state index contributed by atoms with van der Waals surface area (Å²) in [4.78, 5) is 16.2. The van der Waals surface area contributed by atoms with Crippen molar-refractivity contribution < 1.29 is 4.79 Å². The molecule has 1 atom stereocenters. The molecule has 0 spiro atoms. The van der Waals surface area contributed by atoms with E-state index in [9.17, 15) is 4.79 Å². The number of aryl methyl sites for hydroxylation is 1. The van der Waals surface area contributed by atoms with Gasteiger partial charge in [-0.1, -0.05) is 0 Å². The summed E-state index contributed by atoms with van der Waals surface area (Å²) in [5.74, 6) is 0.250. The van der Waals surface area contributed by atoms with Gasteiger partial charge in [0.25, 0.3) is 0 Å². The Balaban J connectivity index is 1.94. The molecule has 4 heteroatoms. The number of benzene rings is 1. The summed E-state index contributed by atoms with van der Waals surface area (Å²) in [6, 6.07) is 6.07. The first-order valence-corrected chi connectivity index (χ1v) is 6.57. The average molecular weight is 245 g/mol. The monoisotopic (exact) mass is 245 g/mol. The molecular weight excluding hydrogens is 226 g/mol. The molecule has 96 valence electrons. The van der Waals surface area contributed by atoms with Gasteiger partial charge >= 0.3 is 0 Å². The minimum absolute atomic E-state index is 0.0256. The number of fused-ring (bicyclic) bond motifs is 1. The zero-order valence-electron chi connectivity index (χ0n) is 10.7. The number of hydrogen-bond donors (Lipinski definition) is 1. The number of rotatable bonds is 1. The molecule has 2 N–H and O–H groups in total. The summed E-state index contributed by atoms with van der Waals surface area (Å²) >= 11 is 0. The lowest BCUT2D eigenvalue weighted by Crippen LogP contribution is -2.43. The van der Waals surface area contributed by atoms with Crippen molar-refractivity contribution in [1.29, 1.82) is 0 Å². The number of nitrogens with zero attached hydrogens (tertiary/aromatic N) is 2. The second-order valence-corrected chi connectivity index (χ2v) is 5.25. The maximum atomic E-state index is 12.1. The molecule has 1 fully saturated rings. The number of amides is 1. The van der Waals surface area contributed by atoms with Crippen LogP contribution in [0.25, 0.3) is 0 Å². The number of likely N-dealkylation sites (tertiary alicyclic amines) is 1. The van der Waals surface area contributed by atoms with Gasteiger partial charge in [0, 0.05) is 31.5 Å². The van der Waals surface area contributed by atoms with Crippen LogP contribution in [0.4, 0.5) is 11.4 Å². The number of carbonyl (C=O) groups excluding carboxylic acids is 1. The highest BCUT2D eigenvalue weighted by Crippen LogP contribution is 2.32. The van der Waals surface area contributed by atoms with Crippen LogP contribution in [-0.4, -0.2) is 37.0 Å². The molecule has 4 nitrogen and oxygen atoms in total. The van der Waals surface area contributed by atoms with E-state index in [0.29, 0.717) is 0 Å². The van der Waals surface area contributed by atoms with Gasteiger partial charge in [0.1, 0.15) is 6.04 Å². The molecule has 1 unspecified atom stereocenters. The Kier molecular flexibility index (Phi) is 2.65. The van der Waals surface area contributed by atoms with Crippen molar-refractivity contribution in [2.24, 2.45) is 0 Å². The highest BCUT2D eigenvalue weighted by atomic mass is 16.2. The number of likely N-dealkylation sites (N-methyl/N-ethyl adjacent to an activating group) is 1. The quantitative estimate of drug-likeness (QED) is 0.758. The predicted molar refractivity (Wildman–Crippen MR) is 72.6 cm³/mol. The van der Waals surface area contributed by atoms with Gasteiger partial charge in [0.05, 0.1) is 0 Å². The lowest BCUT2D eigenvalue weighted by atomic mass is 9.99. The lowest BCUT2D eigenvalue weighted by Gasteiger charge is -2.35. The van der Waals surface area contributed by atoms with E-state index in [0.717, 1.165) is 38.0 Å². The van der Waals surface area contributed by atoms with Gasteiger partial charge in [-0.25, -0.2) is 0 Å². The van der Waals surface area contributed by atoms with Crippen molar-refractivity contribution in [2.45, 2.75) is 25.3 Å². The van der Waals surface area contributed by atoms with Gasteiger partial charge in [-0.3, -0.25) is 4.79 Å². The van der Waals surface area contributed by atoms with E-state index < -0.39 is 0 Å². The Morgan fingerprint density at radius 2 is 2.17 bits per heavy atom. The third kappa shape index (κ3) is 1.72. The minimum atomic E-state index is 0.0256. The van der Waals surface area contributed by atoms with Gasteiger partial charge in [-0.15, -0.1) is 0 Å². The minimum Gasteiger partial charge on any atom is -0.399 e. The van der Waals surface area contributed by atoms with Crippen LogP contribution in [0.2, 0.25) is 0 Å². The summed E-state index contributed by atoms with van der Waals surface area (Å²) in [5.41, 5.74) is 9.13. The van der Waals surface area contributed by atoms with Crippen LogP contribution in [0.15, 0.2) is 18.2 Å². The Labute approximate surface area is 107 Å². The van der Waals surface area contributed by atoms with Crippen molar-refractivity contribution in [3.63, 3.8) is 0 Å². The zero-order chi connectivity index (χ0) is 12.7. The fraction of sp³-hybridized carbons (Fsp3) is 0.500. The summed E-state index contributed by atoms with van der Waals surface area (Å²) in [6.45, 7) is 1.84. The van der Waals surface area contributed by atoms with Crippen molar-refractivity contribution >= 4 is 17.3 Å². The van der Waals surface area contributed by atoms with E-state index in [1.165, 1.54) is 11.3 Å². The topological polar surface area (TPSA) is 49.6 Å². The van der Waals surface area contributed by atoms with Gasteiger partial charge < -0.3 is 15.5 Å². The number of nitrogen functional groups attached to an aromatic ring is 1. The molecule has 1 amide bonds. The molecule has 2 aliphatic heterocycles. The standard InChI is InChI=1S/C14H19N3O/c1-16-8-6-13(14(16)18)17-7-2-3-10-9-11(15)4-5-12(10)17/h4-5,9,13H,2-3,6-8,15H2,1H3. The average Bonchev–Trinajstić information content (AvgIpc) is 2.69. The van der Waals surface area contributed by atoms with Crippen LogP contribution >= 0.6 is 0 Å². The molecule has 0 bridgehead atoms. The Hall–Kier alpha value is -1.71. The number of hydrogen-bond acceptors (Lipinski definition) is 3. The third-order valence-corrected chi connectivity index (χ3v) is 4.03. The van der Waals surface area contributed by atoms with E-state index in [1.54, 1.807) is 0 Å². The maximum Gasteiger partial charge on any atom is 0.245 e. The summed E-state index contributed by atoms with van der Waals surface area (Å²) in [7, 11) is 1.89. The van der Waals surface area contributed by atoms with E-state index in [-0.39, 0.29) is 11.9 Å². The number of nitrogens with two attached hydrogens (primary N) is 1. The van der Waals surface area contributed by atoms with E-state index in [1.807, 2.05) is 24.1 Å². The third-order valence-electron chi connectivity index (χ3n) is 4.03. The van der Waals surface area contributed by atoms with Crippen molar-refractivity contribution in [1.82, 2.24) is 4.90 Å². The summed E-state index contributed by atoms with van der Waals surface area (Å²) in [5, 5.41) is 0. The van der Waals surface area contributed by atoms with Crippen molar-refractivity contribution in [2.75, 3.05) is 30.8 Å². The molecule has 0 saturated carbocycles. The first-order valence-electron chi connectivity index (χ1n) is 6.57. The number of carbonyl (C=O) groups is 1. The predicted octanol–water partition coefficient (Wildman–Crippen LogP) is 1.25. The molecule has 0 aromatic heterocycles. The van der Waals surface area contributed by atoms with Crippen LogP contribution in [0.1, 0.15) is 18.4 Å². The first-order chi connectivity index (χ1) is 8.66. The molecule has 3 rings (SSSR count). The number of anilines is 2. The van der Waals surface area contributed by atoms with Crippen molar-refractivity contribution in [3.8, 4) is 0 Å². The molecule has 1 aromatic rings. The molecule has 18 heavy (non-hydrogen) atoms. The summed E-state index contributed by atoms with van der Waals surface area (Å²) in [6.07, 6.45) is 3.09. The van der Waals surface area contributed by atoms with Gasteiger partial charge in [-0.2, -0.15) is 0 Å². The molecule has 0 aliphatic carbocycles.